The zero-order chi connectivity index (χ0) is 20.2. The maximum atomic E-state index is 13.0. The lowest BCUT2D eigenvalue weighted by molar-refractivity contribution is 0.0281. The van der Waals surface area contributed by atoms with Gasteiger partial charge in [0.25, 0.3) is 5.91 Å². The number of likely N-dealkylation sites (N-methyl/N-ethyl adjacent to an activating group) is 1. The second-order valence-corrected chi connectivity index (χ2v) is 8.89. The van der Waals surface area contributed by atoms with E-state index < -0.39 is 10.0 Å². The molecule has 1 aliphatic rings. The third kappa shape index (κ3) is 6.08. The number of nitrogens with zero attached hydrogens (tertiary/aromatic N) is 1. The minimum Gasteiger partial charge on any atom is -0.491 e. The Morgan fingerprint density at radius 2 is 2.04 bits per heavy atom. The van der Waals surface area contributed by atoms with Crippen LogP contribution in [0.15, 0.2) is 18.2 Å². The smallest absolute Gasteiger partial charge is 0.257 e. The molecule has 0 aromatic heterocycles. The van der Waals surface area contributed by atoms with Crippen molar-refractivity contribution in [1.82, 2.24) is 10.2 Å². The number of carbonyl (C=O) groups excluding carboxylic acids is 1. The molecule has 1 aromatic rings. The third-order valence-corrected chi connectivity index (χ3v) is 5.13. The highest BCUT2D eigenvalue weighted by Crippen LogP contribution is 2.26. The van der Waals surface area contributed by atoms with Crippen molar-refractivity contribution >= 4 is 21.6 Å². The van der Waals surface area contributed by atoms with Crippen LogP contribution in [0.2, 0.25) is 0 Å². The number of hydrogen-bond acceptors (Lipinski definition) is 6. The van der Waals surface area contributed by atoms with Crippen molar-refractivity contribution in [2.45, 2.75) is 26.0 Å². The molecule has 0 saturated carbocycles. The second kappa shape index (κ2) is 8.90. The number of methoxy groups -OCH3 is 1. The average Bonchev–Trinajstić information content (AvgIpc) is 2.60. The molecule has 0 radical (unpaired) electrons. The number of amides is 1. The van der Waals surface area contributed by atoms with Crippen LogP contribution in [0.1, 0.15) is 24.2 Å². The zero-order valence-electron chi connectivity index (χ0n) is 16.5. The maximum absolute atomic E-state index is 13.0. The van der Waals surface area contributed by atoms with Gasteiger partial charge in [-0.2, -0.15) is 0 Å². The average molecular weight is 400 g/mol. The molecule has 1 aromatic carbocycles. The Labute approximate surface area is 161 Å². The molecule has 8 nitrogen and oxygen atoms in total. The lowest BCUT2D eigenvalue weighted by atomic mass is 10.0. The predicted molar refractivity (Wildman–Crippen MR) is 105 cm³/mol. The molecule has 1 amide bonds. The van der Waals surface area contributed by atoms with Crippen LogP contribution in [-0.4, -0.2) is 71.5 Å². The number of ether oxygens (including phenoxy) is 2. The van der Waals surface area contributed by atoms with Crippen LogP contribution in [0.5, 0.6) is 5.75 Å². The van der Waals surface area contributed by atoms with E-state index in [2.05, 4.69) is 17.0 Å². The molecule has 0 aliphatic carbocycles. The largest absolute Gasteiger partial charge is 0.491 e. The summed E-state index contributed by atoms with van der Waals surface area (Å²) in [4.78, 5) is 14.6. The minimum absolute atomic E-state index is 0.0823. The number of fused-ring (bicyclic) bond motifs is 1. The van der Waals surface area contributed by atoms with Crippen LogP contribution >= 0.6 is 0 Å². The van der Waals surface area contributed by atoms with Crippen molar-refractivity contribution < 1.29 is 22.7 Å². The Hall–Kier alpha value is -1.84. The summed E-state index contributed by atoms with van der Waals surface area (Å²) in [5, 5.41) is 3.41. The Kier molecular flexibility index (Phi) is 7.07. The molecule has 2 N–H and O–H groups in total. The Morgan fingerprint density at radius 1 is 1.33 bits per heavy atom. The van der Waals surface area contributed by atoms with Crippen LogP contribution in [0, 0.1) is 5.92 Å². The van der Waals surface area contributed by atoms with Gasteiger partial charge in [0, 0.05) is 39.0 Å². The Balaban J connectivity index is 2.40. The number of carbonyl (C=O) groups is 1. The molecule has 9 heteroatoms. The highest BCUT2D eigenvalue weighted by Gasteiger charge is 2.25. The molecule has 0 bridgehead atoms. The van der Waals surface area contributed by atoms with E-state index in [1.54, 1.807) is 31.2 Å². The molecule has 0 saturated heterocycles. The van der Waals surface area contributed by atoms with E-state index in [0.717, 1.165) is 12.8 Å². The summed E-state index contributed by atoms with van der Waals surface area (Å²) < 4.78 is 36.9. The van der Waals surface area contributed by atoms with Crippen LogP contribution in [0.4, 0.5) is 5.69 Å². The van der Waals surface area contributed by atoms with Gasteiger partial charge in [0.05, 0.1) is 17.9 Å². The number of rotatable bonds is 3. The van der Waals surface area contributed by atoms with E-state index in [1.165, 1.54) is 6.07 Å². The summed E-state index contributed by atoms with van der Waals surface area (Å²) in [7, 11) is -0.113. The fourth-order valence-electron chi connectivity index (χ4n) is 2.94. The van der Waals surface area contributed by atoms with Gasteiger partial charge in [-0.1, -0.05) is 6.92 Å². The van der Waals surface area contributed by atoms with Crippen molar-refractivity contribution in [2.24, 2.45) is 5.92 Å². The quantitative estimate of drug-likeness (QED) is 0.792. The summed E-state index contributed by atoms with van der Waals surface area (Å²) in [5.41, 5.74) is 0.623. The summed E-state index contributed by atoms with van der Waals surface area (Å²) in [6.07, 6.45) is 0.939. The zero-order valence-corrected chi connectivity index (χ0v) is 17.3. The van der Waals surface area contributed by atoms with Crippen LogP contribution < -0.4 is 14.8 Å². The van der Waals surface area contributed by atoms with E-state index >= 15 is 0 Å². The lowest BCUT2D eigenvalue weighted by Gasteiger charge is -2.30. The lowest BCUT2D eigenvalue weighted by Crippen LogP contribution is -2.44. The van der Waals surface area contributed by atoms with Gasteiger partial charge in [0.1, 0.15) is 12.4 Å². The van der Waals surface area contributed by atoms with Gasteiger partial charge in [-0.25, -0.2) is 8.42 Å². The minimum atomic E-state index is -3.45. The fourth-order valence-corrected chi connectivity index (χ4v) is 3.49. The summed E-state index contributed by atoms with van der Waals surface area (Å²) in [5.74, 6) is 0.365. The van der Waals surface area contributed by atoms with Gasteiger partial charge in [-0.15, -0.1) is 0 Å². The molecule has 152 valence electrons. The number of nitrogens with one attached hydrogen (secondary N) is 2. The van der Waals surface area contributed by atoms with Crippen molar-refractivity contribution in [3.8, 4) is 5.75 Å². The molecule has 0 unspecified atom stereocenters. The molecule has 2 rings (SSSR count). The molecule has 0 fully saturated rings. The molecular formula is C18H29N3O5S. The predicted octanol–water partition coefficient (Wildman–Crippen LogP) is 1.15. The van der Waals surface area contributed by atoms with Gasteiger partial charge in [0.2, 0.25) is 10.0 Å². The van der Waals surface area contributed by atoms with Gasteiger partial charge in [0.15, 0.2) is 0 Å². The molecule has 3 atom stereocenters. The van der Waals surface area contributed by atoms with Gasteiger partial charge in [-0.05, 0) is 31.0 Å². The molecular weight excluding hydrogens is 370 g/mol. The Morgan fingerprint density at radius 3 is 2.67 bits per heavy atom. The number of hydrogen-bond donors (Lipinski definition) is 2. The summed E-state index contributed by atoms with van der Waals surface area (Å²) >= 11 is 0. The Bertz CT molecular complexity index is 768. The number of benzene rings is 1. The first-order valence-electron chi connectivity index (χ1n) is 8.87. The van der Waals surface area contributed by atoms with Crippen molar-refractivity contribution in [2.75, 3.05) is 44.8 Å². The van der Waals surface area contributed by atoms with E-state index in [1.807, 2.05) is 6.92 Å². The maximum Gasteiger partial charge on any atom is 0.257 e. The molecule has 1 heterocycles. The normalized spacial score (nSPS) is 25.0. The van der Waals surface area contributed by atoms with Gasteiger partial charge < -0.3 is 19.7 Å². The third-order valence-electron chi connectivity index (χ3n) is 4.53. The van der Waals surface area contributed by atoms with Crippen molar-refractivity contribution in [1.29, 1.82) is 0 Å². The molecule has 1 aliphatic heterocycles. The van der Waals surface area contributed by atoms with Crippen molar-refractivity contribution in [3.63, 3.8) is 0 Å². The summed E-state index contributed by atoms with van der Waals surface area (Å²) in [6.45, 7) is 5.62. The standard InChI is InChI=1S/C18H29N3O5S/c1-12-9-19-13(2)11-26-16-7-6-14(20-27(5,23)24)8-15(16)18(22)21(3)10-17(12)25-4/h6-8,12-13,17,19-20H,9-11H2,1-5H3/t12-,13-,17-/m0/s1. The molecule has 0 spiro atoms. The second-order valence-electron chi connectivity index (χ2n) is 7.14. The van der Waals surface area contributed by atoms with E-state index in [0.29, 0.717) is 30.2 Å². The number of anilines is 1. The highest BCUT2D eigenvalue weighted by molar-refractivity contribution is 7.92. The SMILES string of the molecule is CO[C@H]1CN(C)C(=O)c2cc(NS(C)(=O)=O)ccc2OC[C@H](C)NC[C@@H]1C. The number of sulfonamides is 1. The fraction of sp³-hybridized carbons (Fsp3) is 0.611. The monoisotopic (exact) mass is 399 g/mol. The van der Waals surface area contributed by atoms with Crippen LogP contribution in [-0.2, 0) is 14.8 Å². The van der Waals surface area contributed by atoms with E-state index in [4.69, 9.17) is 9.47 Å². The van der Waals surface area contributed by atoms with Crippen molar-refractivity contribution in [3.05, 3.63) is 23.8 Å². The topological polar surface area (TPSA) is 97.0 Å². The van der Waals surface area contributed by atoms with Gasteiger partial charge >= 0.3 is 0 Å². The van der Waals surface area contributed by atoms with Crippen LogP contribution in [0.25, 0.3) is 0 Å². The first-order chi connectivity index (χ1) is 12.6. The van der Waals surface area contributed by atoms with Gasteiger partial charge in [-0.3, -0.25) is 9.52 Å². The van der Waals surface area contributed by atoms with E-state index in [-0.39, 0.29) is 24.0 Å². The first kappa shape index (κ1) is 21.5. The summed E-state index contributed by atoms with van der Waals surface area (Å²) in [6, 6.07) is 4.78. The molecule has 27 heavy (non-hydrogen) atoms. The van der Waals surface area contributed by atoms with E-state index in [9.17, 15) is 13.2 Å². The first-order valence-corrected chi connectivity index (χ1v) is 10.8. The van der Waals surface area contributed by atoms with Crippen LogP contribution in [0.3, 0.4) is 0 Å². The highest BCUT2D eigenvalue weighted by atomic mass is 32.2.